The van der Waals surface area contributed by atoms with E-state index >= 15 is 0 Å². The van der Waals surface area contributed by atoms with Crippen LogP contribution in [-0.2, 0) is 0 Å². The third kappa shape index (κ3) is 3.73. The van der Waals surface area contributed by atoms with Crippen molar-refractivity contribution in [3.63, 3.8) is 0 Å². The topological polar surface area (TPSA) is 18.5 Å². The van der Waals surface area contributed by atoms with Crippen LogP contribution in [0.5, 0.6) is 11.5 Å². The molecule has 0 heterocycles. The van der Waals surface area contributed by atoms with E-state index in [0.717, 1.165) is 11.5 Å². The van der Waals surface area contributed by atoms with Gasteiger partial charge < -0.3 is 9.47 Å². The average molecular weight is 190 g/mol. The van der Waals surface area contributed by atoms with E-state index in [9.17, 15) is 0 Å². The Morgan fingerprint density at radius 1 is 1.17 bits per heavy atom. The van der Waals surface area contributed by atoms with Crippen molar-refractivity contribution < 1.29 is 9.47 Å². The normalized spacial score (nSPS) is 8.08. The van der Waals surface area contributed by atoms with E-state index in [1.165, 1.54) is 6.26 Å². The number of benzene rings is 1. The van der Waals surface area contributed by atoms with Crippen LogP contribution in [0.4, 0.5) is 0 Å². The van der Waals surface area contributed by atoms with E-state index in [4.69, 9.17) is 9.47 Å². The van der Waals surface area contributed by atoms with Gasteiger partial charge in [-0.3, -0.25) is 0 Å². The van der Waals surface area contributed by atoms with Crippen LogP contribution in [0, 0.1) is 0 Å². The van der Waals surface area contributed by atoms with Crippen LogP contribution in [0.3, 0.4) is 0 Å². The second kappa shape index (κ2) is 6.68. The molecule has 0 saturated carbocycles. The van der Waals surface area contributed by atoms with E-state index in [-0.39, 0.29) is 51.4 Å². The number of hydrogen-bond donors (Lipinski definition) is 0. The first-order valence-electron chi connectivity index (χ1n) is 3.28. The van der Waals surface area contributed by atoms with Gasteiger partial charge in [0.05, 0.1) is 13.4 Å². The van der Waals surface area contributed by atoms with Crippen LogP contribution >= 0.6 is 0 Å². The zero-order valence-corrected chi connectivity index (χ0v) is 6.41. The Labute approximate surface area is 115 Å². The molecule has 1 rings (SSSR count). The molecule has 0 aliphatic heterocycles. The summed E-state index contributed by atoms with van der Waals surface area (Å²) < 4.78 is 9.98. The zero-order valence-electron chi connectivity index (χ0n) is 6.41. The van der Waals surface area contributed by atoms with Gasteiger partial charge in [-0.25, -0.2) is 0 Å². The summed E-state index contributed by atoms with van der Waals surface area (Å²) in [6, 6.07) is 7.30. The van der Waals surface area contributed by atoms with Crippen molar-refractivity contribution in [3.8, 4) is 11.5 Å². The Morgan fingerprint density at radius 2 is 1.67 bits per heavy atom. The number of hydrogen-bond acceptors (Lipinski definition) is 2. The molecular formula is C9H11KO2. The van der Waals surface area contributed by atoms with Crippen molar-refractivity contribution in [2.45, 2.75) is 0 Å². The molecule has 0 aliphatic rings. The molecule has 0 saturated heterocycles. The molecule has 0 aromatic heterocycles. The summed E-state index contributed by atoms with van der Waals surface area (Å²) in [5, 5.41) is 0. The second-order valence-electron chi connectivity index (χ2n) is 1.96. The Morgan fingerprint density at radius 3 is 2.08 bits per heavy atom. The summed E-state index contributed by atoms with van der Waals surface area (Å²) in [6.07, 6.45) is 1.39. The minimum atomic E-state index is 0. The van der Waals surface area contributed by atoms with Crippen LogP contribution in [0.15, 0.2) is 37.1 Å². The van der Waals surface area contributed by atoms with Gasteiger partial charge in [-0.05, 0) is 24.3 Å². The van der Waals surface area contributed by atoms with Gasteiger partial charge in [-0.1, -0.05) is 6.58 Å². The molecule has 0 fully saturated rings. The van der Waals surface area contributed by atoms with E-state index in [2.05, 4.69) is 6.58 Å². The molecule has 12 heavy (non-hydrogen) atoms. The molecule has 0 bridgehead atoms. The Hall–Kier alpha value is 0.196. The molecule has 0 atom stereocenters. The van der Waals surface area contributed by atoms with Gasteiger partial charge in [0.1, 0.15) is 11.5 Å². The van der Waals surface area contributed by atoms with Crippen LogP contribution in [0.25, 0.3) is 0 Å². The Bertz CT molecular complexity index is 231. The fourth-order valence-electron chi connectivity index (χ4n) is 0.751. The van der Waals surface area contributed by atoms with Crippen molar-refractivity contribution in [2.75, 3.05) is 7.11 Å². The van der Waals surface area contributed by atoms with Crippen LogP contribution in [0.2, 0.25) is 0 Å². The second-order valence-corrected chi connectivity index (χ2v) is 1.96. The van der Waals surface area contributed by atoms with Crippen molar-refractivity contribution in [2.24, 2.45) is 0 Å². The van der Waals surface area contributed by atoms with Gasteiger partial charge in [-0.2, -0.15) is 0 Å². The van der Waals surface area contributed by atoms with E-state index in [1.54, 1.807) is 7.11 Å². The van der Waals surface area contributed by atoms with Gasteiger partial charge >= 0.3 is 51.4 Å². The molecule has 1 aromatic carbocycles. The van der Waals surface area contributed by atoms with Gasteiger partial charge in [-0.15, -0.1) is 0 Å². The van der Waals surface area contributed by atoms with E-state index in [1.807, 2.05) is 24.3 Å². The Kier molecular flexibility index (Phi) is 6.79. The molecule has 1 aromatic rings. The number of methoxy groups -OCH3 is 1. The monoisotopic (exact) mass is 190 g/mol. The van der Waals surface area contributed by atoms with Gasteiger partial charge in [0.2, 0.25) is 0 Å². The first kappa shape index (κ1) is 12.2. The molecule has 0 N–H and O–H groups in total. The van der Waals surface area contributed by atoms with Gasteiger partial charge in [0.25, 0.3) is 0 Å². The molecule has 3 heteroatoms. The number of rotatable bonds is 3. The molecule has 2 nitrogen and oxygen atoms in total. The molecule has 0 aliphatic carbocycles. The molecule has 0 unspecified atom stereocenters. The average Bonchev–Trinajstić information content (AvgIpc) is 2.07. The summed E-state index contributed by atoms with van der Waals surface area (Å²) in [5.41, 5.74) is 0. The zero-order chi connectivity index (χ0) is 8.10. The van der Waals surface area contributed by atoms with Crippen molar-refractivity contribution >= 4 is 51.4 Å². The number of ether oxygens (including phenoxy) is 2. The summed E-state index contributed by atoms with van der Waals surface area (Å²) in [5.74, 6) is 1.59. The maximum absolute atomic E-state index is 5.01. The summed E-state index contributed by atoms with van der Waals surface area (Å²) in [7, 11) is 1.63. The fraction of sp³-hybridized carbons (Fsp3) is 0.111. The minimum absolute atomic E-state index is 0. The third-order valence-electron chi connectivity index (χ3n) is 1.28. The van der Waals surface area contributed by atoms with Gasteiger partial charge in [0, 0.05) is 0 Å². The predicted molar refractivity (Wildman–Crippen MR) is 51.0 cm³/mol. The summed E-state index contributed by atoms with van der Waals surface area (Å²) in [4.78, 5) is 0. The van der Waals surface area contributed by atoms with Crippen LogP contribution in [-0.4, -0.2) is 58.5 Å². The summed E-state index contributed by atoms with van der Waals surface area (Å²) in [6.45, 7) is 3.45. The molecule has 0 amide bonds. The third-order valence-corrected chi connectivity index (χ3v) is 1.28. The standard InChI is InChI=1S/C9H10O2.K.H/c1-3-11-9-6-4-8(10-2)5-7-9;;/h3-7H,1H2,2H3;;. The molecular weight excluding hydrogens is 179 g/mol. The predicted octanol–water partition coefficient (Wildman–Crippen LogP) is 1.57. The first-order valence-corrected chi connectivity index (χ1v) is 3.28. The first-order chi connectivity index (χ1) is 5.36. The maximum atomic E-state index is 5.01. The van der Waals surface area contributed by atoms with Crippen molar-refractivity contribution in [3.05, 3.63) is 37.1 Å². The molecule has 0 spiro atoms. The summed E-state index contributed by atoms with van der Waals surface area (Å²) >= 11 is 0. The Balaban J connectivity index is 0.00000121. The molecule has 60 valence electrons. The van der Waals surface area contributed by atoms with Crippen molar-refractivity contribution in [1.82, 2.24) is 0 Å². The van der Waals surface area contributed by atoms with E-state index < -0.39 is 0 Å². The van der Waals surface area contributed by atoms with Crippen LogP contribution in [0.1, 0.15) is 0 Å². The van der Waals surface area contributed by atoms with Crippen molar-refractivity contribution in [1.29, 1.82) is 0 Å². The fourth-order valence-corrected chi connectivity index (χ4v) is 0.751. The van der Waals surface area contributed by atoms with E-state index in [0.29, 0.717) is 0 Å². The SMILES string of the molecule is C=COc1ccc(OC)cc1.[KH]. The van der Waals surface area contributed by atoms with Crippen LogP contribution < -0.4 is 9.47 Å². The molecule has 0 radical (unpaired) electrons. The van der Waals surface area contributed by atoms with Gasteiger partial charge in [0.15, 0.2) is 0 Å². The quantitative estimate of drug-likeness (QED) is 0.532.